The fourth-order valence-electron chi connectivity index (χ4n) is 7.57. The fourth-order valence-corrected chi connectivity index (χ4v) is 8.86. The van der Waals surface area contributed by atoms with Gasteiger partial charge >= 0.3 is 7.82 Å². The first kappa shape index (κ1) is 39.5. The predicted molar refractivity (Wildman–Crippen MR) is 246 cm³/mol. The van der Waals surface area contributed by atoms with Crippen molar-refractivity contribution in [2.24, 2.45) is 0 Å². The molecule has 0 aromatic heterocycles. The van der Waals surface area contributed by atoms with Crippen LogP contribution in [-0.2, 0) is 4.57 Å². The smallest absolute Gasteiger partial charge is 0.507 e. The highest BCUT2D eigenvalue weighted by atomic mass is 31.2. The molecule has 0 atom stereocenters. The Morgan fingerprint density at radius 2 is 0.484 bits per heavy atom. The molecule has 7 nitrogen and oxygen atoms in total. The Kier molecular flexibility index (Phi) is 11.0. The van der Waals surface area contributed by atoms with E-state index in [0.29, 0.717) is 33.4 Å². The minimum Gasteiger partial charge on any atom is -0.507 e. The Morgan fingerprint density at radius 1 is 0.274 bits per heavy atom. The van der Waals surface area contributed by atoms with Gasteiger partial charge in [-0.15, -0.1) is 0 Å². The molecule has 9 aromatic rings. The van der Waals surface area contributed by atoms with Crippen LogP contribution in [0, 0.1) is 0 Å². The van der Waals surface area contributed by atoms with Crippen molar-refractivity contribution in [3.05, 3.63) is 218 Å². The van der Waals surface area contributed by atoms with Crippen molar-refractivity contribution in [2.75, 3.05) is 0 Å². The maximum absolute atomic E-state index is 16.0. The first-order chi connectivity index (χ1) is 30.4. The van der Waals surface area contributed by atoms with Gasteiger partial charge in [0.15, 0.2) is 0 Å². The molecule has 0 aliphatic rings. The Bertz CT molecular complexity index is 2690. The number of benzene rings is 9. The molecule has 0 aliphatic heterocycles. The van der Waals surface area contributed by atoms with Crippen molar-refractivity contribution < 1.29 is 33.5 Å². The monoisotopic (exact) mass is 830 g/mol. The molecule has 9 rings (SSSR count). The van der Waals surface area contributed by atoms with Gasteiger partial charge in [-0.25, -0.2) is 0 Å². The summed E-state index contributed by atoms with van der Waals surface area (Å²) in [6.07, 6.45) is 0. The second kappa shape index (κ2) is 17.3. The van der Waals surface area contributed by atoms with Crippen LogP contribution in [0.25, 0.3) is 66.8 Å². The van der Waals surface area contributed by atoms with Crippen molar-refractivity contribution >= 4 is 7.82 Å². The van der Waals surface area contributed by atoms with Gasteiger partial charge < -0.3 is 28.9 Å². The summed E-state index contributed by atoms with van der Waals surface area (Å²) >= 11 is 0. The molecule has 0 unspecified atom stereocenters. The number of hydrogen-bond donors (Lipinski definition) is 3. The second-order valence-electron chi connectivity index (χ2n) is 14.4. The number of phenols is 3. The summed E-state index contributed by atoms with van der Waals surface area (Å²) in [5.41, 5.74) is 6.31. The molecule has 0 fully saturated rings. The summed E-state index contributed by atoms with van der Waals surface area (Å²) < 4.78 is 35.6. The highest BCUT2D eigenvalue weighted by Crippen LogP contribution is 2.58. The van der Waals surface area contributed by atoms with Crippen LogP contribution in [0.4, 0.5) is 0 Å². The SMILES string of the molecule is O=P(Oc1ccc(-c2ccccc2)c(O)c1-c1ccccc1)(Oc1ccc(-c2ccccc2)c(O)c1-c1ccccc1)Oc1ccc(-c2ccccc2)c(O)c1-c1ccccc1. The average molecular weight is 831 g/mol. The van der Waals surface area contributed by atoms with Crippen LogP contribution < -0.4 is 13.6 Å². The first-order valence-corrected chi connectivity index (χ1v) is 21.4. The van der Waals surface area contributed by atoms with E-state index in [4.69, 9.17) is 13.6 Å². The topological polar surface area (TPSA) is 105 Å². The Balaban J connectivity index is 1.25. The van der Waals surface area contributed by atoms with Crippen LogP contribution in [0.1, 0.15) is 0 Å². The van der Waals surface area contributed by atoms with Gasteiger partial charge in [0, 0.05) is 16.7 Å². The maximum Gasteiger partial charge on any atom is 0.647 e. The number of phenolic OH excluding ortho intramolecular Hbond substituents is 3. The van der Waals surface area contributed by atoms with Crippen molar-refractivity contribution in [1.29, 1.82) is 0 Å². The van der Waals surface area contributed by atoms with Crippen LogP contribution in [0.15, 0.2) is 218 Å². The van der Waals surface area contributed by atoms with Crippen LogP contribution in [-0.4, -0.2) is 15.3 Å². The Labute approximate surface area is 359 Å². The lowest BCUT2D eigenvalue weighted by Gasteiger charge is -2.25. The van der Waals surface area contributed by atoms with Crippen LogP contribution in [0.2, 0.25) is 0 Å². The van der Waals surface area contributed by atoms with Gasteiger partial charge in [0.2, 0.25) is 0 Å². The zero-order valence-corrected chi connectivity index (χ0v) is 34.1. The molecule has 3 N–H and O–H groups in total. The quantitative estimate of drug-likeness (QED) is 0.105. The van der Waals surface area contributed by atoms with Crippen molar-refractivity contribution in [3.8, 4) is 101 Å². The van der Waals surface area contributed by atoms with E-state index in [2.05, 4.69) is 0 Å². The fraction of sp³-hybridized carbons (Fsp3) is 0. The lowest BCUT2D eigenvalue weighted by molar-refractivity contribution is 0.298. The van der Waals surface area contributed by atoms with Gasteiger partial charge in [0.25, 0.3) is 0 Å². The third-order valence-corrected chi connectivity index (χ3v) is 11.8. The molecule has 0 amide bonds. The zero-order chi connectivity index (χ0) is 42.5. The van der Waals surface area contributed by atoms with E-state index in [1.807, 2.05) is 182 Å². The van der Waals surface area contributed by atoms with Crippen LogP contribution >= 0.6 is 7.82 Å². The molecular weight excluding hydrogens is 792 g/mol. The molecular formula is C54H39O7P. The van der Waals surface area contributed by atoms with Gasteiger partial charge in [-0.2, -0.15) is 4.57 Å². The molecule has 0 saturated heterocycles. The zero-order valence-electron chi connectivity index (χ0n) is 33.2. The average Bonchev–Trinajstić information content (AvgIpc) is 3.31. The molecule has 0 aliphatic carbocycles. The van der Waals surface area contributed by atoms with Crippen LogP contribution in [0.3, 0.4) is 0 Å². The minimum absolute atomic E-state index is 0.00510. The summed E-state index contributed by atoms with van der Waals surface area (Å²) in [4.78, 5) is 0. The Morgan fingerprint density at radius 3 is 0.710 bits per heavy atom. The molecule has 0 spiro atoms. The summed E-state index contributed by atoms with van der Waals surface area (Å²) in [6, 6.07) is 65.5. The molecule has 9 aromatic carbocycles. The predicted octanol–water partition coefficient (Wildman–Crippen LogP) is 14.5. The van der Waals surface area contributed by atoms with Gasteiger partial charge in [-0.05, 0) is 69.8 Å². The first-order valence-electron chi connectivity index (χ1n) is 20.0. The van der Waals surface area contributed by atoms with Crippen molar-refractivity contribution in [1.82, 2.24) is 0 Å². The van der Waals surface area contributed by atoms with Crippen molar-refractivity contribution in [2.45, 2.75) is 0 Å². The maximum atomic E-state index is 16.0. The van der Waals surface area contributed by atoms with E-state index in [1.54, 1.807) is 36.4 Å². The second-order valence-corrected chi connectivity index (χ2v) is 15.9. The standard InChI is InChI=1S/C54H39O7P/c55-52-43(37-19-7-1-8-20-37)31-34-46(49(52)40-25-13-4-14-26-40)59-62(58,60-47-35-32-44(38-21-9-2-10-22-38)53(56)50(47)41-27-15-5-16-28-41)61-48-36-33-45(39-23-11-3-12-24-39)54(57)51(48)42-29-17-6-18-30-42/h1-36,55-57H. The van der Waals surface area contributed by atoms with Gasteiger partial charge in [-0.3, -0.25) is 0 Å². The van der Waals surface area contributed by atoms with Gasteiger partial charge in [-0.1, -0.05) is 182 Å². The number of hydrogen-bond acceptors (Lipinski definition) is 7. The minimum atomic E-state index is -4.98. The third kappa shape index (κ3) is 8.01. The Hall–Kier alpha value is -7.99. The molecule has 0 saturated carbocycles. The summed E-state index contributed by atoms with van der Waals surface area (Å²) in [7, 11) is -4.98. The van der Waals surface area contributed by atoms with E-state index < -0.39 is 7.82 Å². The highest BCUT2D eigenvalue weighted by molar-refractivity contribution is 7.49. The molecule has 0 heterocycles. The normalized spacial score (nSPS) is 11.2. The number of phosphoric ester groups is 1. The lowest BCUT2D eigenvalue weighted by atomic mass is 9.96. The third-order valence-electron chi connectivity index (χ3n) is 10.5. The summed E-state index contributed by atoms with van der Waals surface area (Å²) in [5, 5.41) is 36.2. The number of rotatable bonds is 12. The largest absolute Gasteiger partial charge is 0.647 e. The number of aromatic hydroxyl groups is 3. The van der Waals surface area contributed by atoms with Crippen LogP contribution in [0.5, 0.6) is 34.5 Å². The van der Waals surface area contributed by atoms with Crippen molar-refractivity contribution in [3.63, 3.8) is 0 Å². The molecule has 62 heavy (non-hydrogen) atoms. The summed E-state index contributed by atoms with van der Waals surface area (Å²) in [5.74, 6) is -0.359. The van der Waals surface area contributed by atoms with E-state index in [9.17, 15) is 15.3 Å². The lowest BCUT2D eigenvalue weighted by Crippen LogP contribution is -2.10. The molecule has 302 valence electrons. The van der Waals surface area contributed by atoms with E-state index in [1.165, 1.54) is 0 Å². The molecule has 0 bridgehead atoms. The van der Waals surface area contributed by atoms with Gasteiger partial charge in [0.1, 0.15) is 34.5 Å². The molecule has 8 heteroatoms. The molecule has 0 radical (unpaired) electrons. The van der Waals surface area contributed by atoms with E-state index in [0.717, 1.165) is 16.7 Å². The highest BCUT2D eigenvalue weighted by Gasteiger charge is 2.38. The summed E-state index contributed by atoms with van der Waals surface area (Å²) in [6.45, 7) is 0. The van der Waals surface area contributed by atoms with E-state index >= 15 is 4.57 Å². The number of phosphoric acid groups is 1. The van der Waals surface area contributed by atoms with Gasteiger partial charge in [0.05, 0.1) is 16.7 Å². The van der Waals surface area contributed by atoms with E-state index in [-0.39, 0.29) is 51.2 Å².